The molecule has 0 amide bonds. The fourth-order valence-electron chi connectivity index (χ4n) is 13.3. The van der Waals surface area contributed by atoms with Gasteiger partial charge in [-0.15, -0.1) is 0 Å². The Morgan fingerprint density at radius 2 is 0.807 bits per heavy atom. The van der Waals surface area contributed by atoms with Crippen LogP contribution in [0.25, 0.3) is 66.9 Å². The number of aromatic nitrogens is 6. The predicted octanol–water partition coefficient (Wildman–Crippen LogP) is 15.1. The van der Waals surface area contributed by atoms with E-state index >= 15 is 0 Å². The van der Waals surface area contributed by atoms with Gasteiger partial charge in [-0.25, -0.2) is 44.3 Å². The molecule has 0 bridgehead atoms. The summed E-state index contributed by atoms with van der Waals surface area (Å²) in [6, 6.07) is 71.3. The number of nitrogens with zero attached hydrogens (tertiary/aromatic N) is 8. The van der Waals surface area contributed by atoms with Crippen LogP contribution in [-0.2, 0) is 15.9 Å². The molecule has 4 N–H and O–H groups in total. The molecule has 3 aliphatic rings. The van der Waals surface area contributed by atoms with E-state index in [9.17, 15) is 23.9 Å². The second-order valence-corrected chi connectivity index (χ2v) is 26.1. The van der Waals surface area contributed by atoms with E-state index < -0.39 is 13.1 Å². The molecule has 12 aromatic rings. The first kappa shape index (κ1) is 84.5. The number of carbonyl (C=O) groups is 3. The molecular formula is C87H94BrFN9NaO10. The number of ether oxygens (including phenoxy) is 4. The van der Waals surface area contributed by atoms with Crippen molar-refractivity contribution in [3.63, 3.8) is 0 Å². The molecule has 15 rings (SSSR count). The van der Waals surface area contributed by atoms with Crippen LogP contribution in [0.5, 0.6) is 11.5 Å². The topological polar surface area (TPSA) is 254 Å². The average Bonchev–Trinajstić information content (AvgIpc) is 0.783. The van der Waals surface area contributed by atoms with E-state index in [1.807, 2.05) is 109 Å². The van der Waals surface area contributed by atoms with Crippen molar-refractivity contribution in [1.82, 2.24) is 35.2 Å². The number of aryl methyl sites for hydroxylation is 1. The Labute approximate surface area is 669 Å². The molecule has 0 spiro atoms. The number of rotatable bonds is 14. The molecule has 6 heterocycles. The molecule has 3 aliphatic heterocycles. The number of hydrogen-bond acceptors (Lipinski definition) is 18. The number of aliphatic hydroxyl groups excluding tert-OH is 1. The second kappa shape index (κ2) is 43.2. The molecule has 562 valence electrons. The summed E-state index contributed by atoms with van der Waals surface area (Å²) in [5, 5.41) is 19.8. The summed E-state index contributed by atoms with van der Waals surface area (Å²) in [5.74, 6) is 3.47. The van der Waals surface area contributed by atoms with Crippen molar-refractivity contribution in [2.45, 2.75) is 77.0 Å². The van der Waals surface area contributed by atoms with Crippen LogP contribution in [0.3, 0.4) is 0 Å². The Hall–Kier alpha value is -10.1. The van der Waals surface area contributed by atoms with Gasteiger partial charge in [0.05, 0.1) is 86.8 Å². The number of esters is 2. The normalized spacial score (nSPS) is 13.4. The summed E-state index contributed by atoms with van der Waals surface area (Å²) in [4.78, 5) is 68.6. The number of carboxylic acids is 1. The smallest absolute Gasteiger partial charge is 0.870 e. The number of halogens is 2. The van der Waals surface area contributed by atoms with Crippen LogP contribution in [0, 0.1) is 0 Å². The van der Waals surface area contributed by atoms with Crippen molar-refractivity contribution in [2.75, 3.05) is 91.8 Å². The van der Waals surface area contributed by atoms with Crippen molar-refractivity contribution >= 4 is 78.6 Å². The Balaban J connectivity index is 0.000000206. The number of nitrogens with one attached hydrogen (secondary N) is 1. The maximum Gasteiger partial charge on any atom is 1.00 e. The Morgan fingerprint density at radius 3 is 1.17 bits per heavy atom. The molecule has 9 aromatic carbocycles. The molecule has 3 saturated heterocycles. The quantitative estimate of drug-likeness (QED) is 0.0675. The van der Waals surface area contributed by atoms with E-state index in [2.05, 4.69) is 109 Å². The Kier molecular flexibility index (Phi) is 33.5. The molecular weight excluding hydrogens is 1450 g/mol. The van der Waals surface area contributed by atoms with Gasteiger partial charge in [0, 0.05) is 50.0 Å². The van der Waals surface area contributed by atoms with Gasteiger partial charge in [-0.2, -0.15) is 0 Å². The maximum atomic E-state index is 12.1. The summed E-state index contributed by atoms with van der Waals surface area (Å²) in [7, 11) is 6.11. The van der Waals surface area contributed by atoms with Crippen molar-refractivity contribution in [2.24, 2.45) is 0 Å². The van der Waals surface area contributed by atoms with Gasteiger partial charge < -0.3 is 49.8 Å². The molecule has 3 fully saturated rings. The minimum Gasteiger partial charge on any atom is -0.870 e. The number of aliphatic hydroxyl groups is 1. The fourth-order valence-corrected chi connectivity index (χ4v) is 13.8. The van der Waals surface area contributed by atoms with Crippen LogP contribution in [0.1, 0.15) is 125 Å². The summed E-state index contributed by atoms with van der Waals surface area (Å²) >= 11 is 3.44. The SMILES string of the molecule is C.CCc1ccc(C2CCNCC2)cc1.CO.COC(=O)c1ccc2nc(-c3ccccc3)c(Br)nc2c1.COC(=O)c1ccc2nc(-c3ccccc3)c(N3CCC(c4ccc(OC)cc4)CC3)nc2c1.COc1ccc(C2CCN(c3nc4cc(C(=O)O)ccc4nc3-c3ccccc3)CC2)cc1.[2H]CF.[Na+].[OH-]. The summed E-state index contributed by atoms with van der Waals surface area (Å²) in [6.45, 7) is 8.05. The van der Waals surface area contributed by atoms with E-state index in [0.717, 1.165) is 139 Å². The third kappa shape index (κ3) is 22.3. The Bertz CT molecular complexity index is 4880. The van der Waals surface area contributed by atoms with Crippen molar-refractivity contribution < 1.29 is 84.3 Å². The van der Waals surface area contributed by atoms with Gasteiger partial charge in [0.15, 0.2) is 11.6 Å². The van der Waals surface area contributed by atoms with Crippen molar-refractivity contribution in [3.05, 3.63) is 262 Å². The van der Waals surface area contributed by atoms with Gasteiger partial charge in [-0.05, 0) is 193 Å². The monoisotopic (exact) mass is 1550 g/mol. The number of hydrogen-bond donors (Lipinski definition) is 3. The first-order chi connectivity index (χ1) is 52.3. The van der Waals surface area contributed by atoms with Crippen molar-refractivity contribution in [1.29, 1.82) is 0 Å². The van der Waals surface area contributed by atoms with Crippen LogP contribution in [0.4, 0.5) is 16.0 Å². The number of carbonyl (C=O) groups excluding carboxylic acids is 2. The number of alkyl halides is 1. The zero-order valence-electron chi connectivity index (χ0n) is 62.9. The first-order valence-electron chi connectivity index (χ1n) is 36.0. The zero-order valence-corrected chi connectivity index (χ0v) is 65.5. The van der Waals surface area contributed by atoms with Crippen LogP contribution in [0.2, 0.25) is 0 Å². The Morgan fingerprint density at radius 1 is 0.477 bits per heavy atom. The van der Waals surface area contributed by atoms with Gasteiger partial charge in [0.1, 0.15) is 33.2 Å². The molecule has 22 heteroatoms. The number of methoxy groups -OCH3 is 4. The third-order valence-corrected chi connectivity index (χ3v) is 19.7. The largest absolute Gasteiger partial charge is 1.00 e. The minimum absolute atomic E-state index is 0. The summed E-state index contributed by atoms with van der Waals surface area (Å²) in [5.41, 5.74) is 16.4. The van der Waals surface area contributed by atoms with Crippen molar-refractivity contribution in [3.8, 4) is 45.3 Å². The van der Waals surface area contributed by atoms with Gasteiger partial charge in [0.2, 0.25) is 0 Å². The molecule has 0 atom stereocenters. The molecule has 0 radical (unpaired) electrons. The zero-order chi connectivity index (χ0) is 75.6. The minimum atomic E-state index is -1.00. The number of benzene rings is 9. The van der Waals surface area contributed by atoms with Gasteiger partial charge >= 0.3 is 47.5 Å². The van der Waals surface area contributed by atoms with Gasteiger partial charge in [-0.3, -0.25) is 4.39 Å². The van der Waals surface area contributed by atoms with Crippen LogP contribution >= 0.6 is 15.9 Å². The van der Waals surface area contributed by atoms with E-state index in [1.54, 1.807) is 62.8 Å². The van der Waals surface area contributed by atoms with Gasteiger partial charge in [-0.1, -0.05) is 154 Å². The molecule has 0 saturated carbocycles. The standard InChI is InChI=1S/C28H27N3O3.C27H25N3O3.C16H11BrN2O2.C13H19N.CH3F.CH4O.CH4.Na.H2O/c1-33-23-11-8-19(9-12-23)20-14-16-31(17-15-20)27-26(21-6-4-3-5-7-21)29-24-13-10-22(28(32)34-2)18-25(24)30-27;1-33-22-10-7-18(8-11-22)19-13-15-30(16-14-19)26-25(20-5-3-2-4-6-20)28-23-12-9-21(27(31)32)17-24(23)29-26;1-21-16(20)11-7-8-12-13(9-11)19-15(17)14(18-12)10-5-3-2-4-6-10;1-2-11-3-5-12(6-4-11)13-7-9-14-10-8-13;2*1-2;;;/h3-13,18,20H,14-17H2,1-2H3;2-12,17,19H,13-16H2,1H3,(H,31,32);2-9H,1H3;3-6,13-14H,2,7-10H2,1H3;1H3;2H,1H3;1H4;;1H2/q;;;;;;;+1;/p-1/i;;;;1D;;;;. The van der Waals surface area contributed by atoms with E-state index in [1.165, 1.54) is 62.4 Å². The average molecular weight is 1550 g/mol. The fraction of sp³-hybridized carbons (Fsp3) is 0.276. The number of aromatic carboxylic acids is 1. The molecule has 109 heavy (non-hydrogen) atoms. The second-order valence-electron chi connectivity index (χ2n) is 25.3. The third-order valence-electron chi connectivity index (χ3n) is 19.1. The van der Waals surface area contributed by atoms with Crippen LogP contribution < -0.4 is 54.1 Å². The number of carboxylic acid groups (broad SMARTS) is 1. The predicted molar refractivity (Wildman–Crippen MR) is 431 cm³/mol. The number of anilines is 2. The van der Waals surface area contributed by atoms with E-state index in [4.69, 9.17) is 45.4 Å². The van der Waals surface area contributed by atoms with Crippen LogP contribution in [-0.4, -0.2) is 145 Å². The molecule has 0 unspecified atom stereocenters. The number of fused-ring (bicyclic) bond motifs is 3. The molecule has 0 aliphatic carbocycles. The maximum absolute atomic E-state index is 12.1. The van der Waals surface area contributed by atoms with E-state index in [-0.39, 0.29) is 60.0 Å². The van der Waals surface area contributed by atoms with Gasteiger partial charge in [0.25, 0.3) is 0 Å². The summed E-state index contributed by atoms with van der Waals surface area (Å²) in [6.07, 6.45) is 7.82. The summed E-state index contributed by atoms with van der Waals surface area (Å²) < 4.78 is 36.3. The molecule has 19 nitrogen and oxygen atoms in total. The van der Waals surface area contributed by atoms with Crippen LogP contribution in [0.15, 0.2) is 223 Å². The molecule has 3 aromatic heterocycles. The van der Waals surface area contributed by atoms with E-state index in [0.29, 0.717) is 49.6 Å². The first-order valence-corrected chi connectivity index (χ1v) is 36.1. The number of piperidine rings is 3.